The van der Waals surface area contributed by atoms with Crippen molar-refractivity contribution < 1.29 is 4.74 Å². The molecule has 1 aliphatic carbocycles. The lowest BCUT2D eigenvalue weighted by Gasteiger charge is -2.24. The van der Waals surface area contributed by atoms with Crippen molar-refractivity contribution in [3.8, 4) is 5.75 Å². The smallest absolute Gasteiger partial charge is 0.119 e. The summed E-state index contributed by atoms with van der Waals surface area (Å²) in [4.78, 5) is 0. The maximum Gasteiger partial charge on any atom is 0.119 e. The van der Waals surface area contributed by atoms with E-state index in [-0.39, 0.29) is 0 Å². The van der Waals surface area contributed by atoms with Crippen LogP contribution >= 0.6 is 0 Å². The van der Waals surface area contributed by atoms with Gasteiger partial charge in [0.15, 0.2) is 0 Å². The Hall–Kier alpha value is -1.24. The Kier molecular flexibility index (Phi) is 8.42. The Bertz CT molecular complexity index is 481. The quantitative estimate of drug-likeness (QED) is 0.410. The third kappa shape index (κ3) is 6.00. The molecule has 0 spiro atoms. The fourth-order valence-electron chi connectivity index (χ4n) is 3.68. The Labute approximate surface area is 149 Å². The van der Waals surface area contributed by atoms with E-state index in [9.17, 15) is 0 Å². The zero-order chi connectivity index (χ0) is 17.2. The topological polar surface area (TPSA) is 9.23 Å². The number of allylic oxidation sites excluding steroid dienone is 2. The van der Waals surface area contributed by atoms with E-state index in [0.29, 0.717) is 0 Å². The molecule has 1 aliphatic rings. The van der Waals surface area contributed by atoms with Crippen LogP contribution in [0.1, 0.15) is 84.1 Å². The van der Waals surface area contributed by atoms with Gasteiger partial charge in [0, 0.05) is 0 Å². The summed E-state index contributed by atoms with van der Waals surface area (Å²) in [6, 6.07) is 8.73. The first-order valence-corrected chi connectivity index (χ1v) is 10.2. The van der Waals surface area contributed by atoms with Crippen molar-refractivity contribution in [2.24, 2.45) is 11.8 Å². The maximum absolute atomic E-state index is 5.76. The Morgan fingerprint density at radius 1 is 1.08 bits per heavy atom. The molecule has 134 valence electrons. The molecule has 0 saturated heterocycles. The van der Waals surface area contributed by atoms with Gasteiger partial charge in [-0.3, -0.25) is 0 Å². The monoisotopic (exact) mass is 328 g/mol. The molecule has 0 saturated carbocycles. The molecule has 0 fully saturated rings. The summed E-state index contributed by atoms with van der Waals surface area (Å²) < 4.78 is 5.76. The van der Waals surface area contributed by atoms with Crippen molar-refractivity contribution in [2.45, 2.75) is 78.6 Å². The summed E-state index contributed by atoms with van der Waals surface area (Å²) in [6.45, 7) is 7.70. The van der Waals surface area contributed by atoms with Crippen molar-refractivity contribution in [1.29, 1.82) is 0 Å². The van der Waals surface area contributed by atoms with Gasteiger partial charge < -0.3 is 4.74 Å². The highest BCUT2D eigenvalue weighted by molar-refractivity contribution is 5.66. The van der Waals surface area contributed by atoms with Crippen LogP contribution in [-0.4, -0.2) is 6.61 Å². The van der Waals surface area contributed by atoms with E-state index in [1.165, 1.54) is 62.5 Å². The van der Waals surface area contributed by atoms with Crippen molar-refractivity contribution in [3.63, 3.8) is 0 Å². The molecule has 0 heterocycles. The first-order valence-electron chi connectivity index (χ1n) is 10.2. The highest BCUT2D eigenvalue weighted by Crippen LogP contribution is 2.34. The molecule has 1 heteroatoms. The molecule has 1 aromatic carbocycles. The minimum absolute atomic E-state index is 0.830. The van der Waals surface area contributed by atoms with Crippen LogP contribution in [0.3, 0.4) is 0 Å². The molecule has 2 rings (SSSR count). The van der Waals surface area contributed by atoms with Gasteiger partial charge in [-0.05, 0) is 67.2 Å². The van der Waals surface area contributed by atoms with E-state index in [4.69, 9.17) is 4.74 Å². The molecule has 0 N–H and O–H groups in total. The lowest BCUT2D eigenvalue weighted by molar-refractivity contribution is 0.309. The fourth-order valence-corrected chi connectivity index (χ4v) is 3.68. The van der Waals surface area contributed by atoms with Crippen molar-refractivity contribution in [1.82, 2.24) is 0 Å². The molecule has 0 bridgehead atoms. The third-order valence-corrected chi connectivity index (χ3v) is 5.65. The van der Waals surface area contributed by atoms with E-state index in [1.54, 1.807) is 0 Å². The zero-order valence-corrected chi connectivity index (χ0v) is 16.0. The van der Waals surface area contributed by atoms with Crippen LogP contribution in [0.2, 0.25) is 0 Å². The number of unbranched alkanes of at least 4 members (excludes halogenated alkanes) is 1. The second-order valence-electron chi connectivity index (χ2n) is 7.36. The fraction of sp³-hybridized carbons (Fsp3) is 0.652. The molecule has 1 unspecified atom stereocenters. The summed E-state index contributed by atoms with van der Waals surface area (Å²) >= 11 is 0. The van der Waals surface area contributed by atoms with Gasteiger partial charge in [0.25, 0.3) is 0 Å². The summed E-state index contributed by atoms with van der Waals surface area (Å²) in [7, 11) is 0. The minimum Gasteiger partial charge on any atom is -0.494 e. The predicted molar refractivity (Wildman–Crippen MR) is 105 cm³/mol. The average molecular weight is 329 g/mol. The summed E-state index contributed by atoms with van der Waals surface area (Å²) in [5.41, 5.74) is 2.92. The number of ether oxygens (including phenoxy) is 1. The van der Waals surface area contributed by atoms with Crippen LogP contribution in [0.25, 0.3) is 5.57 Å². The highest BCUT2D eigenvalue weighted by atomic mass is 16.5. The second kappa shape index (κ2) is 10.6. The minimum atomic E-state index is 0.830. The number of rotatable bonds is 10. The predicted octanol–water partition coefficient (Wildman–Crippen LogP) is 7.27. The second-order valence-corrected chi connectivity index (χ2v) is 7.36. The van der Waals surface area contributed by atoms with Gasteiger partial charge in [-0.2, -0.15) is 0 Å². The Balaban J connectivity index is 1.81. The average Bonchev–Trinajstić information content (AvgIpc) is 2.64. The van der Waals surface area contributed by atoms with Crippen LogP contribution in [0.5, 0.6) is 5.75 Å². The normalized spacial score (nSPS) is 17.8. The van der Waals surface area contributed by atoms with E-state index in [0.717, 1.165) is 30.6 Å². The SMILES string of the molecule is CCCCOc1ccc(C2=CCC(CCC(CC)CC)CC2)cc1. The third-order valence-electron chi connectivity index (χ3n) is 5.65. The van der Waals surface area contributed by atoms with E-state index in [2.05, 4.69) is 51.1 Å². The standard InChI is InChI=1S/C23H36O/c1-4-7-18-24-23-16-14-22(15-17-23)21-12-10-20(11-13-21)9-8-19(5-2)6-3/h12,14-17,19-20H,4-11,13,18H2,1-3H3. The molecule has 1 nitrogen and oxygen atoms in total. The molecule has 1 aromatic rings. The molecular weight excluding hydrogens is 292 g/mol. The van der Waals surface area contributed by atoms with E-state index < -0.39 is 0 Å². The van der Waals surface area contributed by atoms with Crippen molar-refractivity contribution in [2.75, 3.05) is 6.61 Å². The van der Waals surface area contributed by atoms with Crippen molar-refractivity contribution >= 4 is 5.57 Å². The van der Waals surface area contributed by atoms with Gasteiger partial charge in [-0.1, -0.05) is 64.7 Å². The Morgan fingerprint density at radius 2 is 1.83 bits per heavy atom. The van der Waals surface area contributed by atoms with Crippen molar-refractivity contribution in [3.05, 3.63) is 35.9 Å². The van der Waals surface area contributed by atoms with Gasteiger partial charge in [0.2, 0.25) is 0 Å². The van der Waals surface area contributed by atoms with Crippen LogP contribution in [0, 0.1) is 11.8 Å². The van der Waals surface area contributed by atoms with Gasteiger partial charge in [0.1, 0.15) is 5.75 Å². The first kappa shape index (κ1) is 19.1. The molecule has 0 amide bonds. The lowest BCUT2D eigenvalue weighted by atomic mass is 9.82. The summed E-state index contributed by atoms with van der Waals surface area (Å²) in [6.07, 6.45) is 14.2. The molecule has 24 heavy (non-hydrogen) atoms. The van der Waals surface area contributed by atoms with Crippen LogP contribution in [-0.2, 0) is 0 Å². The number of benzene rings is 1. The van der Waals surface area contributed by atoms with Gasteiger partial charge in [-0.25, -0.2) is 0 Å². The highest BCUT2D eigenvalue weighted by Gasteiger charge is 2.16. The van der Waals surface area contributed by atoms with Crippen LogP contribution < -0.4 is 4.74 Å². The number of hydrogen-bond acceptors (Lipinski definition) is 1. The van der Waals surface area contributed by atoms with Gasteiger partial charge >= 0.3 is 0 Å². The molecule has 0 radical (unpaired) electrons. The van der Waals surface area contributed by atoms with E-state index in [1.807, 2.05) is 0 Å². The van der Waals surface area contributed by atoms with Gasteiger partial charge in [0.05, 0.1) is 6.61 Å². The lowest BCUT2D eigenvalue weighted by Crippen LogP contribution is -2.08. The molecular formula is C23H36O. The van der Waals surface area contributed by atoms with Crippen LogP contribution in [0.4, 0.5) is 0 Å². The summed E-state index contributed by atoms with van der Waals surface area (Å²) in [5, 5.41) is 0. The largest absolute Gasteiger partial charge is 0.494 e. The maximum atomic E-state index is 5.76. The van der Waals surface area contributed by atoms with Gasteiger partial charge in [-0.15, -0.1) is 0 Å². The van der Waals surface area contributed by atoms with E-state index >= 15 is 0 Å². The summed E-state index contributed by atoms with van der Waals surface area (Å²) in [5.74, 6) is 2.85. The Morgan fingerprint density at radius 3 is 2.42 bits per heavy atom. The number of hydrogen-bond donors (Lipinski definition) is 0. The zero-order valence-electron chi connectivity index (χ0n) is 16.0. The van der Waals surface area contributed by atoms with Crippen LogP contribution in [0.15, 0.2) is 30.3 Å². The molecule has 0 aliphatic heterocycles. The molecule has 1 atom stereocenters. The molecule has 0 aromatic heterocycles. The first-order chi connectivity index (χ1) is 11.8.